The molecule has 1 aliphatic rings. The van der Waals surface area contributed by atoms with Gasteiger partial charge in [0, 0.05) is 11.6 Å². The molecule has 1 aromatic heterocycles. The topological polar surface area (TPSA) is 12.9 Å². The van der Waals surface area contributed by atoms with Gasteiger partial charge in [0.05, 0.1) is 15.6 Å². The third-order valence-corrected chi connectivity index (χ3v) is 4.05. The van der Waals surface area contributed by atoms with Crippen molar-refractivity contribution in [3.05, 3.63) is 39.5 Å². The molecule has 0 amide bonds. The molecular weight excluding hydrogens is 241 g/mol. The van der Waals surface area contributed by atoms with Crippen molar-refractivity contribution in [2.24, 2.45) is 0 Å². The second-order valence-electron chi connectivity index (χ2n) is 4.23. The van der Waals surface area contributed by atoms with Crippen LogP contribution in [-0.2, 0) is 12.8 Å². The average molecular weight is 252 g/mol. The van der Waals surface area contributed by atoms with Gasteiger partial charge in [0.1, 0.15) is 0 Å². The third-order valence-electron chi connectivity index (χ3n) is 3.26. The highest BCUT2D eigenvalue weighted by atomic mass is 35.5. The molecule has 0 bridgehead atoms. The van der Waals surface area contributed by atoms with Crippen LogP contribution in [0, 0.1) is 0 Å². The van der Waals surface area contributed by atoms with E-state index in [1.165, 1.54) is 24.0 Å². The van der Waals surface area contributed by atoms with E-state index >= 15 is 0 Å². The Labute approximate surface area is 104 Å². The third kappa shape index (κ3) is 1.50. The number of pyridine rings is 1. The summed E-state index contributed by atoms with van der Waals surface area (Å²) >= 11 is 12.2. The Morgan fingerprint density at radius 2 is 1.88 bits per heavy atom. The molecule has 0 fully saturated rings. The van der Waals surface area contributed by atoms with Crippen LogP contribution in [-0.4, -0.2) is 4.98 Å². The Morgan fingerprint density at radius 3 is 2.75 bits per heavy atom. The fourth-order valence-electron chi connectivity index (χ4n) is 2.44. The molecule has 0 unspecified atom stereocenters. The Hall–Kier alpha value is -0.790. The summed E-state index contributed by atoms with van der Waals surface area (Å²) in [6.07, 6.45) is 6.44. The van der Waals surface area contributed by atoms with Gasteiger partial charge in [-0.25, -0.2) is 0 Å². The highest BCUT2D eigenvalue weighted by Gasteiger charge is 2.15. The maximum absolute atomic E-state index is 6.20. The molecule has 1 aromatic carbocycles. The first kappa shape index (κ1) is 10.4. The van der Waals surface area contributed by atoms with Gasteiger partial charge < -0.3 is 0 Å². The van der Waals surface area contributed by atoms with E-state index in [4.69, 9.17) is 23.2 Å². The lowest BCUT2D eigenvalue weighted by atomic mass is 9.90. The normalized spacial score (nSPS) is 15.1. The van der Waals surface area contributed by atoms with Crippen molar-refractivity contribution in [2.75, 3.05) is 0 Å². The minimum Gasteiger partial charge on any atom is -0.254 e. The van der Waals surface area contributed by atoms with Gasteiger partial charge >= 0.3 is 0 Å². The number of benzene rings is 1. The summed E-state index contributed by atoms with van der Waals surface area (Å²) in [6, 6.07) is 4.21. The molecule has 1 aliphatic carbocycles. The molecule has 0 radical (unpaired) electrons. The summed E-state index contributed by atoms with van der Waals surface area (Å²) in [4.78, 5) is 4.44. The summed E-state index contributed by atoms with van der Waals surface area (Å²) in [5.74, 6) is 0. The number of rotatable bonds is 0. The lowest BCUT2D eigenvalue weighted by Gasteiger charge is -2.17. The van der Waals surface area contributed by atoms with Crippen LogP contribution < -0.4 is 0 Å². The predicted molar refractivity (Wildman–Crippen MR) is 68.4 cm³/mol. The van der Waals surface area contributed by atoms with Crippen LogP contribution in [0.25, 0.3) is 10.9 Å². The van der Waals surface area contributed by atoms with Crippen molar-refractivity contribution >= 4 is 34.1 Å². The highest BCUT2D eigenvalue weighted by Crippen LogP contribution is 2.34. The van der Waals surface area contributed by atoms with Crippen LogP contribution in [0.3, 0.4) is 0 Å². The average Bonchev–Trinajstić information content (AvgIpc) is 2.33. The van der Waals surface area contributed by atoms with Gasteiger partial charge in [-0.3, -0.25) is 4.98 Å². The molecule has 0 N–H and O–H groups in total. The maximum atomic E-state index is 6.20. The second-order valence-corrected chi connectivity index (χ2v) is 5.01. The van der Waals surface area contributed by atoms with E-state index in [9.17, 15) is 0 Å². The van der Waals surface area contributed by atoms with Gasteiger partial charge in [-0.1, -0.05) is 35.3 Å². The number of fused-ring (bicyclic) bond motifs is 3. The van der Waals surface area contributed by atoms with Gasteiger partial charge in [0.15, 0.2) is 0 Å². The Morgan fingerprint density at radius 1 is 1.06 bits per heavy atom. The fraction of sp³-hybridized carbons (Fsp3) is 0.308. The molecule has 0 saturated heterocycles. The van der Waals surface area contributed by atoms with Crippen molar-refractivity contribution in [2.45, 2.75) is 25.7 Å². The van der Waals surface area contributed by atoms with Crippen molar-refractivity contribution in [3.63, 3.8) is 0 Å². The molecule has 1 heterocycles. The standard InChI is InChI=1S/C13H11Cl2N/c14-11-7-16-13-9-4-2-1-3-8(9)5-6-10(13)12(11)15/h5-7H,1-4H2. The first-order valence-corrected chi connectivity index (χ1v) is 6.27. The predicted octanol–water partition coefficient (Wildman–Crippen LogP) is 4.42. The SMILES string of the molecule is Clc1cnc2c3c(ccc2c1Cl)CCCC3. The number of halogens is 2. The van der Waals surface area contributed by atoms with E-state index < -0.39 is 0 Å². The van der Waals surface area contributed by atoms with Crippen molar-refractivity contribution in [3.8, 4) is 0 Å². The van der Waals surface area contributed by atoms with E-state index in [1.54, 1.807) is 6.20 Å². The van der Waals surface area contributed by atoms with Gasteiger partial charge in [0.25, 0.3) is 0 Å². The van der Waals surface area contributed by atoms with Gasteiger partial charge in [-0.2, -0.15) is 0 Å². The minimum absolute atomic E-state index is 0.532. The van der Waals surface area contributed by atoms with E-state index in [1.807, 2.05) is 6.07 Å². The molecule has 1 nitrogen and oxygen atoms in total. The summed E-state index contributed by atoms with van der Waals surface area (Å²) in [7, 11) is 0. The van der Waals surface area contributed by atoms with Crippen LogP contribution in [0.2, 0.25) is 10.0 Å². The van der Waals surface area contributed by atoms with Crippen molar-refractivity contribution in [1.82, 2.24) is 4.98 Å². The van der Waals surface area contributed by atoms with Gasteiger partial charge in [-0.15, -0.1) is 0 Å². The lowest BCUT2D eigenvalue weighted by molar-refractivity contribution is 0.689. The Bertz CT molecular complexity index is 563. The monoisotopic (exact) mass is 251 g/mol. The smallest absolute Gasteiger partial charge is 0.0782 e. The first-order chi connectivity index (χ1) is 7.77. The van der Waals surface area contributed by atoms with E-state index in [2.05, 4.69) is 11.1 Å². The summed E-state index contributed by atoms with van der Waals surface area (Å²) in [5, 5.41) is 2.14. The molecule has 16 heavy (non-hydrogen) atoms. The van der Waals surface area contributed by atoms with Crippen molar-refractivity contribution in [1.29, 1.82) is 0 Å². The zero-order chi connectivity index (χ0) is 11.1. The molecule has 82 valence electrons. The Balaban J connectivity index is 2.36. The molecular formula is C13H11Cl2N. The second kappa shape index (κ2) is 3.90. The highest BCUT2D eigenvalue weighted by molar-refractivity contribution is 6.45. The molecule has 0 aliphatic heterocycles. The zero-order valence-corrected chi connectivity index (χ0v) is 10.3. The fourth-order valence-corrected chi connectivity index (χ4v) is 2.79. The summed E-state index contributed by atoms with van der Waals surface area (Å²) in [6.45, 7) is 0. The van der Waals surface area contributed by atoms with E-state index in [-0.39, 0.29) is 0 Å². The number of nitrogens with zero attached hydrogens (tertiary/aromatic N) is 1. The van der Waals surface area contributed by atoms with Crippen LogP contribution in [0.5, 0.6) is 0 Å². The zero-order valence-electron chi connectivity index (χ0n) is 8.76. The van der Waals surface area contributed by atoms with E-state index in [0.717, 1.165) is 23.7 Å². The largest absolute Gasteiger partial charge is 0.254 e. The molecule has 0 saturated carbocycles. The van der Waals surface area contributed by atoms with Crippen LogP contribution in [0.1, 0.15) is 24.0 Å². The van der Waals surface area contributed by atoms with Crippen LogP contribution >= 0.6 is 23.2 Å². The van der Waals surface area contributed by atoms with Crippen LogP contribution in [0.4, 0.5) is 0 Å². The summed E-state index contributed by atoms with van der Waals surface area (Å²) < 4.78 is 0. The van der Waals surface area contributed by atoms with E-state index in [0.29, 0.717) is 10.0 Å². The quantitative estimate of drug-likeness (QED) is 0.676. The molecule has 0 spiro atoms. The number of hydrogen-bond acceptors (Lipinski definition) is 1. The summed E-state index contributed by atoms with van der Waals surface area (Å²) in [5.41, 5.74) is 3.82. The van der Waals surface area contributed by atoms with Gasteiger partial charge in [-0.05, 0) is 36.8 Å². The molecule has 0 atom stereocenters. The molecule has 3 rings (SSSR count). The van der Waals surface area contributed by atoms with Gasteiger partial charge in [0.2, 0.25) is 0 Å². The van der Waals surface area contributed by atoms with Crippen molar-refractivity contribution < 1.29 is 0 Å². The first-order valence-electron chi connectivity index (χ1n) is 5.52. The minimum atomic E-state index is 0.532. The molecule has 2 aromatic rings. The maximum Gasteiger partial charge on any atom is 0.0782 e. The van der Waals surface area contributed by atoms with Crippen LogP contribution in [0.15, 0.2) is 18.3 Å². The molecule has 3 heteroatoms. The number of hydrogen-bond donors (Lipinski definition) is 0. The Kier molecular flexibility index (Phi) is 2.53. The number of aryl methyl sites for hydroxylation is 2. The number of aromatic nitrogens is 1. The lowest BCUT2D eigenvalue weighted by Crippen LogP contribution is -2.04.